The molecule has 0 saturated carbocycles. The van der Waals surface area contributed by atoms with Gasteiger partial charge in [-0.15, -0.1) is 0 Å². The van der Waals surface area contributed by atoms with Crippen molar-refractivity contribution in [1.29, 1.82) is 0 Å². The summed E-state index contributed by atoms with van der Waals surface area (Å²) in [5, 5.41) is 6.01. The van der Waals surface area contributed by atoms with Gasteiger partial charge in [0.05, 0.1) is 12.3 Å². The number of nitrogens with one attached hydrogen (secondary N) is 1. The molecule has 0 aliphatic carbocycles. The SMILES string of the molecule is CNC(c1coc(C)c1)c1ccc(C)c2ccccc12. The molecule has 1 aromatic heterocycles. The largest absolute Gasteiger partial charge is 0.469 e. The van der Waals surface area contributed by atoms with Gasteiger partial charge in [-0.05, 0) is 48.9 Å². The lowest BCUT2D eigenvalue weighted by Crippen LogP contribution is -2.17. The Hall–Kier alpha value is -2.06. The zero-order valence-corrected chi connectivity index (χ0v) is 12.1. The Morgan fingerprint density at radius 1 is 1.00 bits per heavy atom. The van der Waals surface area contributed by atoms with E-state index in [4.69, 9.17) is 4.42 Å². The minimum atomic E-state index is 0.151. The molecule has 20 heavy (non-hydrogen) atoms. The van der Waals surface area contributed by atoms with E-state index >= 15 is 0 Å². The van der Waals surface area contributed by atoms with Crippen LogP contribution in [0.5, 0.6) is 0 Å². The molecule has 1 N–H and O–H groups in total. The van der Waals surface area contributed by atoms with E-state index in [1.165, 1.54) is 27.5 Å². The van der Waals surface area contributed by atoms with E-state index in [-0.39, 0.29) is 6.04 Å². The van der Waals surface area contributed by atoms with E-state index in [9.17, 15) is 0 Å². The van der Waals surface area contributed by atoms with Crippen LogP contribution in [-0.2, 0) is 0 Å². The highest BCUT2D eigenvalue weighted by Crippen LogP contribution is 2.31. The first kappa shape index (κ1) is 12.9. The summed E-state index contributed by atoms with van der Waals surface area (Å²) in [6.07, 6.45) is 1.84. The van der Waals surface area contributed by atoms with Crippen molar-refractivity contribution in [2.75, 3.05) is 7.05 Å². The van der Waals surface area contributed by atoms with Crippen LogP contribution in [0.2, 0.25) is 0 Å². The molecule has 0 saturated heterocycles. The molecule has 1 atom stereocenters. The van der Waals surface area contributed by atoms with E-state index in [0.717, 1.165) is 5.76 Å². The number of fused-ring (bicyclic) bond motifs is 1. The second kappa shape index (κ2) is 5.14. The molecular formula is C18H19NO. The molecule has 3 aromatic rings. The number of furan rings is 1. The minimum Gasteiger partial charge on any atom is -0.469 e. The quantitative estimate of drug-likeness (QED) is 0.761. The van der Waals surface area contributed by atoms with E-state index in [0.29, 0.717) is 0 Å². The van der Waals surface area contributed by atoms with Crippen molar-refractivity contribution in [2.45, 2.75) is 19.9 Å². The zero-order valence-electron chi connectivity index (χ0n) is 12.1. The lowest BCUT2D eigenvalue weighted by atomic mass is 9.93. The van der Waals surface area contributed by atoms with E-state index in [2.05, 4.69) is 54.7 Å². The lowest BCUT2D eigenvalue weighted by molar-refractivity contribution is 0.528. The third-order valence-electron chi connectivity index (χ3n) is 3.86. The van der Waals surface area contributed by atoms with Gasteiger partial charge < -0.3 is 9.73 Å². The van der Waals surface area contributed by atoms with Crippen molar-refractivity contribution >= 4 is 10.8 Å². The smallest absolute Gasteiger partial charge is 0.101 e. The van der Waals surface area contributed by atoms with Crippen molar-refractivity contribution in [3.05, 3.63) is 71.2 Å². The standard InChI is InChI=1S/C18H19NO/c1-12-8-9-17(16-7-5-4-6-15(12)16)18(19-3)14-10-13(2)20-11-14/h4-11,18-19H,1-3H3. The van der Waals surface area contributed by atoms with Gasteiger partial charge in [0.2, 0.25) is 0 Å². The van der Waals surface area contributed by atoms with Crippen molar-refractivity contribution in [2.24, 2.45) is 0 Å². The van der Waals surface area contributed by atoms with Crippen LogP contribution in [0.3, 0.4) is 0 Å². The lowest BCUT2D eigenvalue weighted by Gasteiger charge is -2.18. The van der Waals surface area contributed by atoms with E-state index in [1.54, 1.807) is 0 Å². The summed E-state index contributed by atoms with van der Waals surface area (Å²) in [5.74, 6) is 0.941. The minimum absolute atomic E-state index is 0.151. The van der Waals surface area contributed by atoms with Crippen LogP contribution in [0.15, 0.2) is 53.1 Å². The highest BCUT2D eigenvalue weighted by atomic mass is 16.3. The summed E-state index contributed by atoms with van der Waals surface area (Å²) in [6.45, 7) is 4.13. The number of hydrogen-bond donors (Lipinski definition) is 1. The first-order valence-corrected chi connectivity index (χ1v) is 6.91. The highest BCUT2D eigenvalue weighted by Gasteiger charge is 2.17. The first-order chi connectivity index (χ1) is 9.70. The molecule has 102 valence electrons. The molecule has 0 aliphatic heterocycles. The molecule has 0 aliphatic rings. The average Bonchev–Trinajstić information content (AvgIpc) is 2.89. The van der Waals surface area contributed by atoms with Crippen LogP contribution in [0.25, 0.3) is 10.8 Å². The van der Waals surface area contributed by atoms with Gasteiger partial charge >= 0.3 is 0 Å². The second-order valence-electron chi connectivity index (χ2n) is 5.23. The van der Waals surface area contributed by atoms with Crippen LogP contribution in [0.4, 0.5) is 0 Å². The molecule has 2 heteroatoms. The van der Waals surface area contributed by atoms with Crippen LogP contribution in [0.1, 0.15) is 28.5 Å². The fraction of sp³-hybridized carbons (Fsp3) is 0.222. The van der Waals surface area contributed by atoms with Crippen molar-refractivity contribution in [3.8, 4) is 0 Å². The number of hydrogen-bond acceptors (Lipinski definition) is 2. The third kappa shape index (κ3) is 2.12. The van der Waals surface area contributed by atoms with Crippen LogP contribution in [0, 0.1) is 13.8 Å². The Bertz CT molecular complexity index is 742. The monoisotopic (exact) mass is 265 g/mol. The summed E-state index contributed by atoms with van der Waals surface area (Å²) < 4.78 is 5.46. The molecule has 2 aromatic carbocycles. The highest BCUT2D eigenvalue weighted by molar-refractivity contribution is 5.89. The molecular weight excluding hydrogens is 246 g/mol. The summed E-state index contributed by atoms with van der Waals surface area (Å²) in [6, 6.07) is 15.2. The molecule has 2 nitrogen and oxygen atoms in total. The fourth-order valence-corrected chi connectivity index (χ4v) is 2.84. The zero-order chi connectivity index (χ0) is 14.1. The average molecular weight is 265 g/mol. The van der Waals surface area contributed by atoms with E-state index in [1.807, 2.05) is 20.2 Å². The molecule has 3 rings (SSSR count). The summed E-state index contributed by atoms with van der Waals surface area (Å²) in [4.78, 5) is 0. The maximum Gasteiger partial charge on any atom is 0.101 e. The summed E-state index contributed by atoms with van der Waals surface area (Å²) >= 11 is 0. The topological polar surface area (TPSA) is 25.2 Å². The molecule has 1 heterocycles. The second-order valence-corrected chi connectivity index (χ2v) is 5.23. The van der Waals surface area contributed by atoms with Gasteiger partial charge in [0, 0.05) is 5.56 Å². The van der Waals surface area contributed by atoms with Crippen molar-refractivity contribution < 1.29 is 4.42 Å². The molecule has 0 amide bonds. The maximum absolute atomic E-state index is 5.46. The predicted octanol–water partition coefficient (Wildman–Crippen LogP) is 4.36. The number of benzene rings is 2. The Labute approximate surface area is 119 Å². The summed E-state index contributed by atoms with van der Waals surface area (Å²) in [7, 11) is 1.99. The summed E-state index contributed by atoms with van der Waals surface area (Å²) in [5.41, 5.74) is 3.76. The van der Waals surface area contributed by atoms with Gasteiger partial charge in [0.1, 0.15) is 5.76 Å². The van der Waals surface area contributed by atoms with Gasteiger partial charge in [0.15, 0.2) is 0 Å². The Balaban J connectivity index is 2.20. The van der Waals surface area contributed by atoms with Crippen molar-refractivity contribution in [3.63, 3.8) is 0 Å². The number of rotatable bonds is 3. The van der Waals surface area contributed by atoms with Gasteiger partial charge in [-0.2, -0.15) is 0 Å². The van der Waals surface area contributed by atoms with Crippen LogP contribution < -0.4 is 5.32 Å². The Morgan fingerprint density at radius 2 is 1.75 bits per heavy atom. The van der Waals surface area contributed by atoms with Crippen molar-refractivity contribution in [1.82, 2.24) is 5.32 Å². The third-order valence-corrected chi connectivity index (χ3v) is 3.86. The van der Waals surface area contributed by atoms with E-state index < -0.39 is 0 Å². The van der Waals surface area contributed by atoms with Gasteiger partial charge in [-0.25, -0.2) is 0 Å². The Morgan fingerprint density at radius 3 is 2.40 bits per heavy atom. The van der Waals surface area contributed by atoms with Gasteiger partial charge in [0.25, 0.3) is 0 Å². The van der Waals surface area contributed by atoms with Gasteiger partial charge in [-0.3, -0.25) is 0 Å². The Kier molecular flexibility index (Phi) is 3.33. The fourth-order valence-electron chi connectivity index (χ4n) is 2.84. The van der Waals surface area contributed by atoms with Gasteiger partial charge in [-0.1, -0.05) is 36.4 Å². The molecule has 0 fully saturated rings. The van der Waals surface area contributed by atoms with Crippen LogP contribution in [-0.4, -0.2) is 7.05 Å². The number of aryl methyl sites for hydroxylation is 2. The van der Waals surface area contributed by atoms with Crippen LogP contribution >= 0.6 is 0 Å². The molecule has 0 bridgehead atoms. The maximum atomic E-state index is 5.46. The normalized spacial score (nSPS) is 12.8. The molecule has 0 spiro atoms. The predicted molar refractivity (Wildman–Crippen MR) is 83.0 cm³/mol. The first-order valence-electron chi connectivity index (χ1n) is 6.91. The molecule has 1 unspecified atom stereocenters. The molecule has 0 radical (unpaired) electrons.